The Morgan fingerprint density at radius 1 is 0.0862 bits per heavy atom. The van der Waals surface area contributed by atoms with Crippen LogP contribution in [-0.4, -0.2) is 533 Å². The molecule has 0 fully saturated rings. The van der Waals surface area contributed by atoms with E-state index >= 15 is 0 Å². The van der Waals surface area contributed by atoms with E-state index in [9.17, 15) is 0 Å². The van der Waals surface area contributed by atoms with Gasteiger partial charge in [-0.1, -0.05) is 0 Å². The maximum Gasteiger partial charge on any atom is 0 e. The zero-order valence-corrected chi connectivity index (χ0v) is 86.2. The Morgan fingerprint density at radius 2 is 0.0862 bits per heavy atom. The molecule has 0 aliphatic carbocycles. The SMILES string of the molecule is O.O.O.O.O.O.O.O.O.O.O.O.O.O.O.O.O.O.O.O.O.O.O.O.O.O.O.O.O.O.O.O.O.O.O.O.O.O.O.[K].[K].[K].[K].[K].[K].[Si].[W].[W].[W].[W].[W].[W].[W].[W].[W].[W].[W].[Zn]. The molecule has 390 valence electrons. The van der Waals surface area contributed by atoms with Gasteiger partial charge in [-0.25, -0.2) is 0 Å². The summed E-state index contributed by atoms with van der Waals surface area (Å²) in [6.07, 6.45) is 0. The Hall–Kier alpha value is 16.7. The molecule has 58 heavy (non-hydrogen) atoms. The largest absolute Gasteiger partial charge is 0.412 e. The first-order valence-electron chi connectivity index (χ1n) is 0. The Morgan fingerprint density at radius 3 is 0.0862 bits per heavy atom. The number of hydrogen-bond donors (Lipinski definition) is 0. The van der Waals surface area contributed by atoms with Crippen molar-refractivity contribution in [3.63, 3.8) is 0 Å². The first-order chi connectivity index (χ1) is 0. The third-order valence-electron chi connectivity index (χ3n) is 0. The van der Waals surface area contributed by atoms with Crippen LogP contribution < -0.4 is 0 Å². The van der Waals surface area contributed by atoms with Gasteiger partial charge >= 0.3 is 0 Å². The molecule has 0 spiro atoms. The number of rotatable bonds is 0. The van der Waals surface area contributed by atoms with Crippen molar-refractivity contribution in [1.29, 1.82) is 0 Å². The molecule has 0 rings (SSSR count). The molecule has 0 saturated carbocycles. The van der Waals surface area contributed by atoms with Crippen LogP contribution in [0.3, 0.4) is 0 Å². The predicted molar refractivity (Wildman–Crippen MR) is 181 cm³/mol. The predicted octanol–water partition coefficient (Wildman–Crippen LogP) is -34.9. The van der Waals surface area contributed by atoms with Crippen LogP contribution in [-0.2, 0) is 251 Å². The molecule has 10 radical (unpaired) electrons. The van der Waals surface area contributed by atoms with Gasteiger partial charge in [-0.3, -0.25) is 0 Å². The molecule has 0 heterocycles. The van der Waals surface area contributed by atoms with E-state index < -0.39 is 0 Å². The Balaban J connectivity index is 0. The monoisotopic (exact) mass is 3050 g/mol. The van der Waals surface area contributed by atoms with Gasteiger partial charge in [-0.05, 0) is 0 Å². The minimum atomic E-state index is 0. The standard InChI is InChI=1S/6K.39H2O.Si.11W.Zn/h;;;;;;39*1H2;;;;;;;;;;;;;. The minimum absolute atomic E-state index is 0. The molecule has 0 unspecified atom stereocenters. The molecule has 0 aliphatic rings. The van der Waals surface area contributed by atoms with Gasteiger partial charge in [0.15, 0.2) is 0 Å². The summed E-state index contributed by atoms with van der Waals surface area (Å²) in [7, 11) is 0. The molecule has 0 amide bonds. The summed E-state index contributed by atoms with van der Waals surface area (Å²) in [5, 5.41) is 0. The van der Waals surface area contributed by atoms with E-state index in [4.69, 9.17) is 0 Å². The topological polar surface area (TPSA) is 1230 Å². The maximum absolute atomic E-state index is 0. The van der Waals surface area contributed by atoms with Gasteiger partial charge in [0, 0.05) is 570 Å². The van der Waals surface area contributed by atoms with E-state index in [-0.39, 0.29) is 784 Å². The second kappa shape index (κ2) is 1400. The van der Waals surface area contributed by atoms with E-state index in [1.165, 1.54) is 0 Å². The molecule has 0 bridgehead atoms. The van der Waals surface area contributed by atoms with E-state index in [0.29, 0.717) is 0 Å². The van der Waals surface area contributed by atoms with Gasteiger partial charge < -0.3 is 214 Å². The molecule has 0 aliphatic heterocycles. The van der Waals surface area contributed by atoms with E-state index in [1.54, 1.807) is 0 Å². The van der Waals surface area contributed by atoms with Crippen molar-refractivity contribution in [3.8, 4) is 0 Å². The summed E-state index contributed by atoms with van der Waals surface area (Å²) in [4.78, 5) is 0. The van der Waals surface area contributed by atoms with Gasteiger partial charge in [-0.2, -0.15) is 0 Å². The van der Waals surface area contributed by atoms with Crippen molar-refractivity contribution < 1.29 is 465 Å². The molecule has 0 aromatic rings. The van der Waals surface area contributed by atoms with Gasteiger partial charge in [0.05, 0.1) is 0 Å². The van der Waals surface area contributed by atoms with E-state index in [0.717, 1.165) is 0 Å². The second-order valence-electron chi connectivity index (χ2n) is 0. The Bertz CT molecular complexity index is 80.1. The van der Waals surface area contributed by atoms with Gasteiger partial charge in [0.25, 0.3) is 0 Å². The summed E-state index contributed by atoms with van der Waals surface area (Å²) >= 11 is 0. The number of hydrogen-bond acceptors (Lipinski definition) is 0. The fourth-order valence-corrected chi connectivity index (χ4v) is 0. The minimum Gasteiger partial charge on any atom is -0.412 e. The average Bonchev–Trinajstić information content (AvgIpc) is 0. The quantitative estimate of drug-likeness (QED) is 0.204. The first-order valence-corrected chi connectivity index (χ1v) is 0. The molecule has 39 nitrogen and oxygen atoms in total. The van der Waals surface area contributed by atoms with Crippen LogP contribution in [0.25, 0.3) is 0 Å². The van der Waals surface area contributed by atoms with Crippen molar-refractivity contribution in [2.45, 2.75) is 0 Å². The van der Waals surface area contributed by atoms with Crippen LogP contribution in [0.2, 0.25) is 0 Å². The van der Waals surface area contributed by atoms with Crippen LogP contribution >= 0.6 is 0 Å². The van der Waals surface area contributed by atoms with Crippen LogP contribution in [0.5, 0.6) is 0 Å². The fourth-order valence-electron chi connectivity index (χ4n) is 0. The van der Waals surface area contributed by atoms with Crippen molar-refractivity contribution in [3.05, 3.63) is 0 Å². The zero-order valence-electron chi connectivity index (χ0n) is 31.2. The molecule has 58 heteroatoms. The van der Waals surface area contributed by atoms with E-state index in [1.807, 2.05) is 0 Å². The molecule has 0 saturated heterocycles. The van der Waals surface area contributed by atoms with Gasteiger partial charge in [0.1, 0.15) is 0 Å². The summed E-state index contributed by atoms with van der Waals surface area (Å²) in [6, 6.07) is 0. The Labute approximate surface area is 763 Å². The normalized spacial score (nSPS) is 0. The summed E-state index contributed by atoms with van der Waals surface area (Å²) in [5.41, 5.74) is 0. The summed E-state index contributed by atoms with van der Waals surface area (Å²) in [5.74, 6) is 0. The summed E-state index contributed by atoms with van der Waals surface area (Å²) < 4.78 is 0. The maximum atomic E-state index is 0. The van der Waals surface area contributed by atoms with Crippen LogP contribution in [0, 0.1) is 0 Å². The van der Waals surface area contributed by atoms with Crippen molar-refractivity contribution >= 4 is 319 Å². The molecule has 0 aromatic carbocycles. The van der Waals surface area contributed by atoms with Crippen molar-refractivity contribution in [2.24, 2.45) is 0 Å². The van der Waals surface area contributed by atoms with Crippen LogP contribution in [0.1, 0.15) is 0 Å². The molecule has 0 atom stereocenters. The third kappa shape index (κ3) is 1340. The van der Waals surface area contributed by atoms with E-state index in [2.05, 4.69) is 0 Å². The molecule has 0 aromatic heterocycles. The summed E-state index contributed by atoms with van der Waals surface area (Å²) in [6.45, 7) is 0. The van der Waals surface area contributed by atoms with Crippen molar-refractivity contribution in [1.82, 2.24) is 0 Å². The molecule has 78 N–H and O–H groups in total. The van der Waals surface area contributed by atoms with Crippen LogP contribution in [0.15, 0.2) is 0 Å². The zero-order chi connectivity index (χ0) is 0. The second-order valence-corrected chi connectivity index (χ2v) is 0. The van der Waals surface area contributed by atoms with Crippen LogP contribution in [0.4, 0.5) is 0 Å². The smallest absolute Gasteiger partial charge is 0 e. The Kier molecular flexibility index (Phi) is 35200. The van der Waals surface area contributed by atoms with Crippen molar-refractivity contribution in [2.75, 3.05) is 0 Å². The fraction of sp³-hybridized carbons (Fsp3) is 0. The average molecular weight is 3050 g/mol. The van der Waals surface area contributed by atoms with Gasteiger partial charge in [0.2, 0.25) is 0 Å². The third-order valence-corrected chi connectivity index (χ3v) is 0. The first kappa shape index (κ1) is 1460. The molecular weight excluding hydrogens is 2970 g/mol. The molecular formula is H78K6O39SiW11Zn. The van der Waals surface area contributed by atoms with Gasteiger partial charge in [-0.15, -0.1) is 0 Å².